The van der Waals surface area contributed by atoms with E-state index >= 15 is 0 Å². The molecule has 0 spiro atoms. The number of anilines is 2. The van der Waals surface area contributed by atoms with E-state index in [0.717, 1.165) is 57.5 Å². The zero-order chi connectivity index (χ0) is 20.2. The molecule has 0 bridgehead atoms. The second-order valence-corrected chi connectivity index (χ2v) is 9.74. The maximum absolute atomic E-state index is 4.39. The Morgan fingerprint density at radius 3 is 2.50 bits per heavy atom. The summed E-state index contributed by atoms with van der Waals surface area (Å²) >= 11 is 0. The van der Waals surface area contributed by atoms with Crippen LogP contribution in [0, 0.1) is 0 Å². The number of nitrogens with zero attached hydrogens (tertiary/aromatic N) is 3. The molecule has 2 N–H and O–H groups in total. The van der Waals surface area contributed by atoms with Gasteiger partial charge >= 0.3 is 0 Å². The second kappa shape index (κ2) is 8.98. The molecule has 1 saturated heterocycles. The van der Waals surface area contributed by atoms with Crippen LogP contribution in [0.25, 0.3) is 0 Å². The van der Waals surface area contributed by atoms with Crippen molar-refractivity contribution in [2.45, 2.75) is 4.90 Å². The summed E-state index contributed by atoms with van der Waals surface area (Å²) in [5.74, 6) is 0.878. The topological polar surface area (TPSA) is 42.9 Å². The first-order valence-electron chi connectivity index (χ1n) is 10.7. The van der Waals surface area contributed by atoms with E-state index in [9.17, 15) is 0 Å². The largest absolute Gasteiger partial charge is 0.369 e. The molecule has 0 aromatic heterocycles. The summed E-state index contributed by atoms with van der Waals surface area (Å²) in [6.45, 7) is 7.28. The molecule has 5 nitrogen and oxygen atoms in total. The molecule has 3 aliphatic rings. The van der Waals surface area contributed by atoms with Crippen LogP contribution in [-0.4, -0.2) is 56.7 Å². The molecule has 0 saturated carbocycles. The minimum Gasteiger partial charge on any atom is -0.369 e. The number of benzene rings is 2. The molecule has 0 aliphatic carbocycles. The smallest absolute Gasteiger partial charge is 0.195 e. The fraction of sp³-hybridized carbons (Fsp3) is 0.292. The van der Waals surface area contributed by atoms with E-state index in [2.05, 4.69) is 96.9 Å². The van der Waals surface area contributed by atoms with Crippen molar-refractivity contribution in [1.29, 1.82) is 0 Å². The van der Waals surface area contributed by atoms with Gasteiger partial charge in [-0.25, -0.2) is 0 Å². The first-order valence-corrected chi connectivity index (χ1v) is 12.2. The number of thiol groups is 1. The van der Waals surface area contributed by atoms with E-state index in [1.165, 1.54) is 16.2 Å². The van der Waals surface area contributed by atoms with Crippen LogP contribution < -0.4 is 15.5 Å². The van der Waals surface area contributed by atoms with Gasteiger partial charge in [0, 0.05) is 50.6 Å². The first kappa shape index (κ1) is 19.3. The maximum Gasteiger partial charge on any atom is 0.195 e. The third kappa shape index (κ3) is 4.55. The zero-order valence-electron chi connectivity index (χ0n) is 17.2. The lowest BCUT2D eigenvalue weighted by Gasteiger charge is -2.36. The third-order valence-electron chi connectivity index (χ3n) is 5.76. The maximum atomic E-state index is 4.39. The van der Waals surface area contributed by atoms with Gasteiger partial charge in [0.2, 0.25) is 0 Å². The SMILES string of the molecule is C1=C[SH](c2ccc(NC3=NCCN3)cc2)C=C1CN1CCN(c2ccccc2)CC1. The fourth-order valence-corrected chi connectivity index (χ4v) is 5.87. The number of para-hydroxylation sites is 1. The molecule has 0 amide bonds. The minimum atomic E-state index is -0.332. The van der Waals surface area contributed by atoms with E-state index in [0.29, 0.717) is 0 Å². The van der Waals surface area contributed by atoms with Crippen molar-refractivity contribution in [2.75, 3.05) is 56.0 Å². The molecule has 5 rings (SSSR count). The first-order chi connectivity index (χ1) is 14.8. The summed E-state index contributed by atoms with van der Waals surface area (Å²) in [6, 6.07) is 19.6. The molecule has 156 valence electrons. The standard InChI is InChI=1S/C24H29N5S/c1-2-4-22(5-3-1)29-15-13-28(14-16-29)18-20-10-17-30(19-20)23-8-6-21(7-9-23)27-24-25-11-12-26-24/h1-10,17,19,30H,11-16,18H2,(H2,25,26,27). The van der Waals surface area contributed by atoms with Gasteiger partial charge in [-0.2, -0.15) is 10.9 Å². The van der Waals surface area contributed by atoms with Crippen molar-refractivity contribution in [2.24, 2.45) is 4.99 Å². The van der Waals surface area contributed by atoms with E-state index in [4.69, 9.17) is 0 Å². The predicted octanol–water partition coefficient (Wildman–Crippen LogP) is 3.65. The Morgan fingerprint density at radius 1 is 0.967 bits per heavy atom. The number of nitrogens with one attached hydrogen (secondary N) is 2. The van der Waals surface area contributed by atoms with Crippen molar-refractivity contribution in [3.63, 3.8) is 0 Å². The van der Waals surface area contributed by atoms with Crippen LogP contribution in [0.1, 0.15) is 0 Å². The molecule has 2 aromatic carbocycles. The summed E-state index contributed by atoms with van der Waals surface area (Å²) in [5, 5.41) is 11.4. The van der Waals surface area contributed by atoms with E-state index in [-0.39, 0.29) is 10.9 Å². The molecule has 2 aromatic rings. The van der Waals surface area contributed by atoms with Gasteiger partial charge in [-0.1, -0.05) is 24.3 Å². The molecular weight excluding hydrogens is 390 g/mol. The van der Waals surface area contributed by atoms with E-state index in [1.54, 1.807) is 0 Å². The lowest BCUT2D eigenvalue weighted by Crippen LogP contribution is -2.46. The van der Waals surface area contributed by atoms with Crippen molar-refractivity contribution in [1.82, 2.24) is 10.2 Å². The summed E-state index contributed by atoms with van der Waals surface area (Å²) in [5.41, 5.74) is 3.89. The Labute approximate surface area is 181 Å². The molecule has 0 radical (unpaired) electrons. The number of aliphatic imine (C=N–C) groups is 1. The van der Waals surface area contributed by atoms with Crippen LogP contribution in [0.3, 0.4) is 0 Å². The van der Waals surface area contributed by atoms with E-state index in [1.807, 2.05) is 0 Å². The number of hydrogen-bond donors (Lipinski definition) is 3. The van der Waals surface area contributed by atoms with Crippen LogP contribution >= 0.6 is 10.9 Å². The van der Waals surface area contributed by atoms with Crippen molar-refractivity contribution < 1.29 is 0 Å². The molecular formula is C24H29N5S. The highest BCUT2D eigenvalue weighted by Crippen LogP contribution is 2.44. The second-order valence-electron chi connectivity index (χ2n) is 7.85. The minimum absolute atomic E-state index is 0.332. The van der Waals surface area contributed by atoms with Crippen molar-refractivity contribution in [3.8, 4) is 0 Å². The third-order valence-corrected chi connectivity index (χ3v) is 7.73. The van der Waals surface area contributed by atoms with Gasteiger partial charge in [-0.3, -0.25) is 9.89 Å². The zero-order valence-corrected chi connectivity index (χ0v) is 18.1. The van der Waals surface area contributed by atoms with E-state index < -0.39 is 0 Å². The highest BCUT2D eigenvalue weighted by atomic mass is 32.2. The lowest BCUT2D eigenvalue weighted by atomic mass is 10.2. The Morgan fingerprint density at radius 2 is 1.77 bits per heavy atom. The fourth-order valence-electron chi connectivity index (χ4n) is 4.09. The molecule has 3 heterocycles. The van der Waals surface area contributed by atoms with Gasteiger partial charge < -0.3 is 15.5 Å². The Bertz CT molecular complexity index is 943. The molecule has 1 unspecified atom stereocenters. The van der Waals surface area contributed by atoms with Crippen LogP contribution in [0.4, 0.5) is 11.4 Å². The van der Waals surface area contributed by atoms with Crippen LogP contribution in [-0.2, 0) is 0 Å². The molecule has 1 atom stereocenters. The van der Waals surface area contributed by atoms with Crippen molar-refractivity contribution >= 4 is 28.2 Å². The van der Waals surface area contributed by atoms with Gasteiger partial charge in [-0.15, -0.1) is 0 Å². The number of guanidine groups is 1. The Kier molecular flexibility index (Phi) is 5.77. The summed E-state index contributed by atoms with van der Waals surface area (Å²) in [4.78, 5) is 10.9. The average Bonchev–Trinajstić information content (AvgIpc) is 3.48. The van der Waals surface area contributed by atoms with Crippen LogP contribution in [0.15, 0.2) is 87.0 Å². The highest BCUT2D eigenvalue weighted by molar-refractivity contribution is 8.22. The van der Waals surface area contributed by atoms with Gasteiger partial charge in [0.05, 0.1) is 6.54 Å². The van der Waals surface area contributed by atoms with Gasteiger partial charge in [0.15, 0.2) is 5.96 Å². The molecule has 30 heavy (non-hydrogen) atoms. The average molecular weight is 420 g/mol. The molecule has 6 heteroatoms. The van der Waals surface area contributed by atoms with Gasteiger partial charge in [0.25, 0.3) is 0 Å². The number of hydrogen-bond acceptors (Lipinski definition) is 5. The van der Waals surface area contributed by atoms with Crippen LogP contribution in [0.2, 0.25) is 0 Å². The number of rotatable bonds is 5. The molecule has 1 fully saturated rings. The van der Waals surface area contributed by atoms with Gasteiger partial charge in [0.1, 0.15) is 0 Å². The summed E-state index contributed by atoms with van der Waals surface area (Å²) in [6.07, 6.45) is 2.33. The monoisotopic (exact) mass is 419 g/mol. The predicted molar refractivity (Wildman–Crippen MR) is 130 cm³/mol. The quantitative estimate of drug-likeness (QED) is 0.648. The highest BCUT2D eigenvalue weighted by Gasteiger charge is 2.19. The Hall–Kier alpha value is -2.70. The normalized spacial score (nSPS) is 22.5. The summed E-state index contributed by atoms with van der Waals surface area (Å²) < 4.78 is 0. The van der Waals surface area contributed by atoms with Crippen molar-refractivity contribution in [3.05, 3.63) is 77.1 Å². The Balaban J connectivity index is 1.14. The number of piperazine rings is 1. The lowest BCUT2D eigenvalue weighted by molar-refractivity contribution is 0.280. The summed E-state index contributed by atoms with van der Waals surface area (Å²) in [7, 11) is -0.332. The van der Waals surface area contributed by atoms with Crippen LogP contribution in [0.5, 0.6) is 0 Å². The molecule has 3 aliphatic heterocycles. The van der Waals surface area contributed by atoms with Gasteiger partial charge in [-0.05, 0) is 57.7 Å².